The standard InChI is InChI=1S/C20H24O3/c1-3-22-18-7-5-16(6-8-18)13-20(10-11-21)14-17-12-15(2)4-9-19(17)23-20/h4-9,12,21H,3,10-11,13-14H2,1-2H3. The Labute approximate surface area is 137 Å². The summed E-state index contributed by atoms with van der Waals surface area (Å²) in [6, 6.07) is 14.5. The fraction of sp³-hybridized carbons (Fsp3) is 0.400. The van der Waals surface area contributed by atoms with Crippen LogP contribution in [0.1, 0.15) is 30.0 Å². The van der Waals surface area contributed by atoms with Crippen molar-refractivity contribution in [3.8, 4) is 11.5 Å². The second-order valence-electron chi connectivity index (χ2n) is 6.30. The first-order valence-corrected chi connectivity index (χ1v) is 8.25. The van der Waals surface area contributed by atoms with E-state index >= 15 is 0 Å². The quantitative estimate of drug-likeness (QED) is 0.884. The van der Waals surface area contributed by atoms with Gasteiger partial charge < -0.3 is 14.6 Å². The maximum Gasteiger partial charge on any atom is 0.123 e. The minimum Gasteiger partial charge on any atom is -0.494 e. The highest BCUT2D eigenvalue weighted by Crippen LogP contribution is 2.39. The van der Waals surface area contributed by atoms with Gasteiger partial charge in [0.25, 0.3) is 0 Å². The first kappa shape index (κ1) is 15.9. The zero-order chi connectivity index (χ0) is 16.3. The Kier molecular flexibility index (Phi) is 4.58. The normalized spacial score (nSPS) is 19.3. The van der Waals surface area contributed by atoms with Crippen LogP contribution in [-0.4, -0.2) is 23.9 Å². The Bertz CT molecular complexity index is 663. The Morgan fingerprint density at radius 3 is 2.65 bits per heavy atom. The number of rotatable bonds is 6. The number of aryl methyl sites for hydroxylation is 1. The minimum atomic E-state index is -0.349. The molecule has 0 radical (unpaired) electrons. The number of aliphatic hydroxyl groups excluding tert-OH is 1. The van der Waals surface area contributed by atoms with Gasteiger partial charge in [0.2, 0.25) is 0 Å². The van der Waals surface area contributed by atoms with Gasteiger partial charge in [0, 0.05) is 25.9 Å². The van der Waals surface area contributed by atoms with Gasteiger partial charge in [-0.1, -0.05) is 29.8 Å². The van der Waals surface area contributed by atoms with Gasteiger partial charge in [-0.05, 0) is 43.2 Å². The molecule has 1 aliphatic heterocycles. The van der Waals surface area contributed by atoms with Crippen LogP contribution in [0.5, 0.6) is 11.5 Å². The van der Waals surface area contributed by atoms with Crippen LogP contribution >= 0.6 is 0 Å². The smallest absolute Gasteiger partial charge is 0.123 e. The first-order valence-electron chi connectivity index (χ1n) is 8.25. The number of hydrogen-bond donors (Lipinski definition) is 1. The molecular weight excluding hydrogens is 288 g/mol. The molecule has 1 N–H and O–H groups in total. The predicted molar refractivity (Wildman–Crippen MR) is 91.3 cm³/mol. The Hall–Kier alpha value is -2.00. The van der Waals surface area contributed by atoms with E-state index in [2.05, 4.69) is 31.2 Å². The van der Waals surface area contributed by atoms with Crippen molar-refractivity contribution in [2.45, 2.75) is 38.7 Å². The molecule has 0 saturated carbocycles. The Morgan fingerprint density at radius 1 is 1.17 bits per heavy atom. The first-order chi connectivity index (χ1) is 11.1. The summed E-state index contributed by atoms with van der Waals surface area (Å²) >= 11 is 0. The van der Waals surface area contributed by atoms with E-state index in [1.165, 1.54) is 16.7 Å². The van der Waals surface area contributed by atoms with Crippen LogP contribution in [0.15, 0.2) is 42.5 Å². The molecule has 122 valence electrons. The topological polar surface area (TPSA) is 38.7 Å². The molecule has 0 bridgehead atoms. The second kappa shape index (κ2) is 6.63. The third-order valence-electron chi connectivity index (χ3n) is 4.38. The lowest BCUT2D eigenvalue weighted by atomic mass is 9.87. The van der Waals surface area contributed by atoms with Gasteiger partial charge in [0.1, 0.15) is 17.1 Å². The van der Waals surface area contributed by atoms with Crippen LogP contribution in [0.4, 0.5) is 0 Å². The lowest BCUT2D eigenvalue weighted by Gasteiger charge is -2.28. The van der Waals surface area contributed by atoms with Crippen molar-refractivity contribution in [1.82, 2.24) is 0 Å². The van der Waals surface area contributed by atoms with Crippen LogP contribution in [0, 0.1) is 6.92 Å². The molecule has 1 heterocycles. The average molecular weight is 312 g/mol. The van der Waals surface area contributed by atoms with Crippen molar-refractivity contribution in [2.24, 2.45) is 0 Å². The van der Waals surface area contributed by atoms with E-state index in [1.54, 1.807) is 0 Å². The third kappa shape index (κ3) is 3.50. The third-order valence-corrected chi connectivity index (χ3v) is 4.38. The molecule has 3 heteroatoms. The van der Waals surface area contributed by atoms with Crippen molar-refractivity contribution in [3.05, 3.63) is 59.2 Å². The van der Waals surface area contributed by atoms with E-state index in [0.29, 0.717) is 13.0 Å². The molecule has 1 atom stereocenters. The van der Waals surface area contributed by atoms with E-state index in [0.717, 1.165) is 24.3 Å². The number of hydrogen-bond acceptors (Lipinski definition) is 3. The van der Waals surface area contributed by atoms with Gasteiger partial charge in [0.15, 0.2) is 0 Å². The maximum absolute atomic E-state index is 9.52. The molecule has 23 heavy (non-hydrogen) atoms. The van der Waals surface area contributed by atoms with Gasteiger partial charge in [0.05, 0.1) is 6.61 Å². The summed E-state index contributed by atoms with van der Waals surface area (Å²) in [4.78, 5) is 0. The van der Waals surface area contributed by atoms with Crippen LogP contribution < -0.4 is 9.47 Å². The van der Waals surface area contributed by atoms with Crippen LogP contribution in [0.2, 0.25) is 0 Å². The fourth-order valence-corrected chi connectivity index (χ4v) is 3.33. The largest absolute Gasteiger partial charge is 0.494 e. The van der Waals surface area contributed by atoms with E-state index < -0.39 is 0 Å². The highest BCUT2D eigenvalue weighted by atomic mass is 16.5. The molecule has 1 aliphatic rings. The fourth-order valence-electron chi connectivity index (χ4n) is 3.33. The Balaban J connectivity index is 1.80. The lowest BCUT2D eigenvalue weighted by Crippen LogP contribution is -2.38. The predicted octanol–water partition coefficient (Wildman–Crippen LogP) is 3.69. The number of ether oxygens (including phenoxy) is 2. The summed E-state index contributed by atoms with van der Waals surface area (Å²) < 4.78 is 11.8. The highest BCUT2D eigenvalue weighted by molar-refractivity contribution is 5.42. The van der Waals surface area contributed by atoms with Gasteiger partial charge in [-0.3, -0.25) is 0 Å². The number of aliphatic hydroxyl groups is 1. The molecule has 0 aromatic heterocycles. The molecule has 0 fully saturated rings. The minimum absolute atomic E-state index is 0.129. The summed E-state index contributed by atoms with van der Waals surface area (Å²) in [6.07, 6.45) is 2.26. The van der Waals surface area contributed by atoms with Crippen LogP contribution in [0.3, 0.4) is 0 Å². The van der Waals surface area contributed by atoms with Crippen molar-refractivity contribution < 1.29 is 14.6 Å². The SMILES string of the molecule is CCOc1ccc(CC2(CCO)Cc3cc(C)ccc3O2)cc1. The number of fused-ring (bicyclic) bond motifs is 1. The van der Waals surface area contributed by atoms with E-state index in [4.69, 9.17) is 9.47 Å². The van der Waals surface area contributed by atoms with Crippen molar-refractivity contribution in [1.29, 1.82) is 0 Å². The molecule has 3 nitrogen and oxygen atoms in total. The van der Waals surface area contributed by atoms with Gasteiger partial charge >= 0.3 is 0 Å². The molecule has 0 spiro atoms. The summed E-state index contributed by atoms with van der Waals surface area (Å²) in [7, 11) is 0. The summed E-state index contributed by atoms with van der Waals surface area (Å²) in [6.45, 7) is 4.88. The van der Waals surface area contributed by atoms with Gasteiger partial charge in [-0.2, -0.15) is 0 Å². The maximum atomic E-state index is 9.52. The Morgan fingerprint density at radius 2 is 1.96 bits per heavy atom. The molecule has 2 aromatic carbocycles. The molecule has 0 aliphatic carbocycles. The highest BCUT2D eigenvalue weighted by Gasteiger charge is 2.39. The molecule has 2 aromatic rings. The molecule has 0 amide bonds. The molecule has 0 saturated heterocycles. The molecule has 3 rings (SSSR count). The van der Waals surface area contributed by atoms with E-state index in [-0.39, 0.29) is 12.2 Å². The summed E-state index contributed by atoms with van der Waals surface area (Å²) in [5.74, 6) is 1.84. The van der Waals surface area contributed by atoms with Crippen molar-refractivity contribution in [2.75, 3.05) is 13.2 Å². The zero-order valence-corrected chi connectivity index (χ0v) is 13.8. The van der Waals surface area contributed by atoms with E-state index in [1.807, 2.05) is 25.1 Å². The molecular formula is C20H24O3. The van der Waals surface area contributed by atoms with E-state index in [9.17, 15) is 5.11 Å². The van der Waals surface area contributed by atoms with Crippen LogP contribution in [-0.2, 0) is 12.8 Å². The average Bonchev–Trinajstić information content (AvgIpc) is 2.87. The molecule has 1 unspecified atom stereocenters. The lowest BCUT2D eigenvalue weighted by molar-refractivity contribution is 0.0631. The van der Waals surface area contributed by atoms with Gasteiger partial charge in [-0.25, -0.2) is 0 Å². The van der Waals surface area contributed by atoms with Crippen molar-refractivity contribution in [3.63, 3.8) is 0 Å². The van der Waals surface area contributed by atoms with Crippen molar-refractivity contribution >= 4 is 0 Å². The summed E-state index contributed by atoms with van der Waals surface area (Å²) in [5, 5.41) is 9.52. The monoisotopic (exact) mass is 312 g/mol. The van der Waals surface area contributed by atoms with Crippen LogP contribution in [0.25, 0.3) is 0 Å². The summed E-state index contributed by atoms with van der Waals surface area (Å²) in [5.41, 5.74) is 3.34. The zero-order valence-electron chi connectivity index (χ0n) is 13.8. The van der Waals surface area contributed by atoms with Gasteiger partial charge in [-0.15, -0.1) is 0 Å². The number of benzene rings is 2. The second-order valence-corrected chi connectivity index (χ2v) is 6.30.